The largest absolute Gasteiger partial charge is 0.394 e. The average molecular weight is 228 g/mol. The van der Waals surface area contributed by atoms with E-state index in [1.807, 2.05) is 0 Å². The van der Waals surface area contributed by atoms with Crippen molar-refractivity contribution in [3.05, 3.63) is 0 Å². The minimum absolute atomic E-state index is 0.143. The number of aliphatic hydroxyl groups is 1. The minimum Gasteiger partial charge on any atom is -0.394 e. The molecule has 2 saturated heterocycles. The average Bonchev–Trinajstić information content (AvgIpc) is 2.67. The maximum atomic E-state index is 9.15. The van der Waals surface area contributed by atoms with Crippen LogP contribution >= 0.6 is 0 Å². The van der Waals surface area contributed by atoms with E-state index in [0.717, 1.165) is 0 Å². The first-order chi connectivity index (χ1) is 7.57. The van der Waals surface area contributed by atoms with Crippen LogP contribution in [0.1, 0.15) is 13.8 Å². The molecule has 90 valence electrons. The molecule has 2 heterocycles. The summed E-state index contributed by atoms with van der Waals surface area (Å²) in [5.74, 6) is 1.70. The zero-order valence-electron chi connectivity index (χ0n) is 9.38. The predicted molar refractivity (Wildman–Crippen MR) is 54.4 cm³/mol. The van der Waals surface area contributed by atoms with Gasteiger partial charge in [0.05, 0.1) is 6.61 Å². The van der Waals surface area contributed by atoms with Gasteiger partial charge in [0.25, 0.3) is 0 Å². The smallest absolute Gasteiger partial charge is 0.190 e. The molecular formula is C11H16O5. The summed E-state index contributed by atoms with van der Waals surface area (Å²) in [6.45, 7) is 3.63. The fraction of sp³-hybridized carbons (Fsp3) is 0.818. The summed E-state index contributed by atoms with van der Waals surface area (Å²) in [6.07, 6.45) is 3.48. The summed E-state index contributed by atoms with van der Waals surface area (Å²) in [4.78, 5) is 0. The summed E-state index contributed by atoms with van der Waals surface area (Å²) < 4.78 is 22.1. The minimum atomic E-state index is -0.687. The van der Waals surface area contributed by atoms with E-state index in [9.17, 15) is 0 Å². The van der Waals surface area contributed by atoms with Crippen LogP contribution < -0.4 is 0 Å². The number of hydrogen-bond donors (Lipinski definition) is 1. The summed E-state index contributed by atoms with van der Waals surface area (Å²) in [6, 6.07) is 0. The maximum absolute atomic E-state index is 9.15. The predicted octanol–water partition coefficient (Wildman–Crippen LogP) is -0.127. The van der Waals surface area contributed by atoms with Crippen molar-refractivity contribution in [2.24, 2.45) is 0 Å². The van der Waals surface area contributed by atoms with Crippen LogP contribution in [0, 0.1) is 12.3 Å². The number of rotatable bonds is 3. The fourth-order valence-corrected chi connectivity index (χ4v) is 2.04. The van der Waals surface area contributed by atoms with E-state index in [0.29, 0.717) is 0 Å². The molecule has 4 atom stereocenters. The molecule has 0 aliphatic carbocycles. The molecular weight excluding hydrogens is 212 g/mol. The van der Waals surface area contributed by atoms with Crippen LogP contribution in [0.3, 0.4) is 0 Å². The molecule has 5 nitrogen and oxygen atoms in total. The highest BCUT2D eigenvalue weighted by Crippen LogP contribution is 2.38. The zero-order chi connectivity index (χ0) is 11.8. The summed E-state index contributed by atoms with van der Waals surface area (Å²) in [5.41, 5.74) is 0. The molecule has 16 heavy (non-hydrogen) atoms. The van der Waals surface area contributed by atoms with Gasteiger partial charge < -0.3 is 24.1 Å². The van der Waals surface area contributed by atoms with Gasteiger partial charge in [-0.25, -0.2) is 0 Å². The lowest BCUT2D eigenvalue weighted by Gasteiger charge is -2.24. The number of ether oxygens (including phenoxy) is 4. The van der Waals surface area contributed by atoms with E-state index >= 15 is 0 Å². The summed E-state index contributed by atoms with van der Waals surface area (Å²) in [5, 5.41) is 9.15. The van der Waals surface area contributed by atoms with Crippen LogP contribution in [-0.4, -0.2) is 48.7 Å². The molecule has 0 aromatic carbocycles. The topological polar surface area (TPSA) is 57.2 Å². The monoisotopic (exact) mass is 228 g/mol. The van der Waals surface area contributed by atoms with E-state index in [4.69, 9.17) is 30.5 Å². The highest BCUT2D eigenvalue weighted by atomic mass is 16.8. The molecule has 0 saturated carbocycles. The van der Waals surface area contributed by atoms with Crippen LogP contribution in [0.2, 0.25) is 0 Å². The van der Waals surface area contributed by atoms with Crippen LogP contribution in [0.25, 0.3) is 0 Å². The highest BCUT2D eigenvalue weighted by Gasteiger charge is 2.55. The van der Waals surface area contributed by atoms with Gasteiger partial charge >= 0.3 is 0 Å². The van der Waals surface area contributed by atoms with Crippen LogP contribution in [-0.2, 0) is 18.9 Å². The molecule has 0 spiro atoms. The molecule has 2 fully saturated rings. The second kappa shape index (κ2) is 4.32. The Morgan fingerprint density at radius 1 is 1.44 bits per heavy atom. The lowest BCUT2D eigenvalue weighted by atomic mass is 10.1. The quantitative estimate of drug-likeness (QED) is 0.682. The Hall–Kier alpha value is -0.640. The summed E-state index contributed by atoms with van der Waals surface area (Å²) in [7, 11) is 0. The van der Waals surface area contributed by atoms with E-state index in [2.05, 4.69) is 5.92 Å². The third-order valence-corrected chi connectivity index (χ3v) is 2.63. The van der Waals surface area contributed by atoms with Gasteiger partial charge in [0.15, 0.2) is 12.1 Å². The van der Waals surface area contributed by atoms with Crippen molar-refractivity contribution in [3.63, 3.8) is 0 Å². The molecule has 2 rings (SSSR count). The van der Waals surface area contributed by atoms with Gasteiger partial charge in [0.2, 0.25) is 0 Å². The third-order valence-electron chi connectivity index (χ3n) is 2.63. The van der Waals surface area contributed by atoms with Gasteiger partial charge in [-0.1, -0.05) is 5.92 Å². The molecule has 0 bridgehead atoms. The number of aliphatic hydroxyl groups excluding tert-OH is 1. The lowest BCUT2D eigenvalue weighted by Crippen LogP contribution is -2.38. The van der Waals surface area contributed by atoms with Crippen molar-refractivity contribution in [1.29, 1.82) is 0 Å². The van der Waals surface area contributed by atoms with Gasteiger partial charge in [-0.2, -0.15) is 0 Å². The van der Waals surface area contributed by atoms with Gasteiger partial charge in [-0.05, 0) is 13.8 Å². The van der Waals surface area contributed by atoms with E-state index in [1.165, 1.54) is 0 Å². The van der Waals surface area contributed by atoms with Crippen LogP contribution in [0.15, 0.2) is 0 Å². The Morgan fingerprint density at radius 3 is 2.81 bits per heavy atom. The molecule has 0 radical (unpaired) electrons. The Bertz CT molecular complexity index is 295. The van der Waals surface area contributed by atoms with Crippen molar-refractivity contribution >= 4 is 0 Å². The molecule has 2 aliphatic rings. The van der Waals surface area contributed by atoms with E-state index in [1.54, 1.807) is 13.8 Å². The fourth-order valence-electron chi connectivity index (χ4n) is 2.04. The first-order valence-electron chi connectivity index (χ1n) is 5.24. The Morgan fingerprint density at radius 2 is 2.19 bits per heavy atom. The molecule has 0 aromatic rings. The SMILES string of the molecule is C#CCO[C@@H]1[C@H]2OC(C)(C)O[C@H]2O[C@@H]1CO. The first-order valence-corrected chi connectivity index (χ1v) is 5.24. The molecule has 5 heteroatoms. The standard InChI is InChI=1S/C11H16O5/c1-4-5-13-8-7(6-12)14-10-9(8)15-11(2,3)16-10/h1,7-10,12H,5-6H2,2-3H3/t7-,8+,9-,10-/m1/s1. The van der Waals surface area contributed by atoms with Crippen LogP contribution in [0.4, 0.5) is 0 Å². The number of hydrogen-bond acceptors (Lipinski definition) is 5. The number of terminal acetylenes is 1. The van der Waals surface area contributed by atoms with Crippen LogP contribution in [0.5, 0.6) is 0 Å². The normalized spacial score (nSPS) is 40.6. The third kappa shape index (κ3) is 2.08. The van der Waals surface area contributed by atoms with Gasteiger partial charge in [0.1, 0.15) is 24.9 Å². The van der Waals surface area contributed by atoms with E-state index < -0.39 is 18.2 Å². The molecule has 1 N–H and O–H groups in total. The maximum Gasteiger partial charge on any atom is 0.190 e. The van der Waals surface area contributed by atoms with Gasteiger partial charge in [-0.15, -0.1) is 6.42 Å². The van der Waals surface area contributed by atoms with E-state index in [-0.39, 0.29) is 25.4 Å². The van der Waals surface area contributed by atoms with Crippen molar-refractivity contribution < 1.29 is 24.1 Å². The van der Waals surface area contributed by atoms with Crippen molar-refractivity contribution in [2.45, 2.75) is 44.2 Å². The summed E-state index contributed by atoms with van der Waals surface area (Å²) >= 11 is 0. The first kappa shape index (κ1) is 11.8. The van der Waals surface area contributed by atoms with Gasteiger partial charge in [0, 0.05) is 0 Å². The highest BCUT2D eigenvalue weighted by molar-refractivity contribution is 4.95. The van der Waals surface area contributed by atoms with Crippen molar-refractivity contribution in [2.75, 3.05) is 13.2 Å². The zero-order valence-corrected chi connectivity index (χ0v) is 9.38. The molecule has 2 aliphatic heterocycles. The van der Waals surface area contributed by atoms with Crippen molar-refractivity contribution in [1.82, 2.24) is 0 Å². The lowest BCUT2D eigenvalue weighted by molar-refractivity contribution is -0.221. The molecule has 0 amide bonds. The Balaban J connectivity index is 2.05. The van der Waals surface area contributed by atoms with Gasteiger partial charge in [-0.3, -0.25) is 0 Å². The number of fused-ring (bicyclic) bond motifs is 1. The Kier molecular flexibility index (Phi) is 3.19. The second-order valence-electron chi connectivity index (χ2n) is 4.31. The second-order valence-corrected chi connectivity index (χ2v) is 4.31. The Labute approximate surface area is 94.6 Å². The molecule has 0 aromatic heterocycles. The van der Waals surface area contributed by atoms with Crippen molar-refractivity contribution in [3.8, 4) is 12.3 Å². The molecule has 0 unspecified atom stereocenters.